The Labute approximate surface area is 159 Å². The number of halogens is 2. The van der Waals surface area contributed by atoms with Gasteiger partial charge in [0.05, 0.1) is 24.2 Å². The van der Waals surface area contributed by atoms with E-state index in [0.717, 1.165) is 6.07 Å². The molecule has 0 aliphatic heterocycles. The van der Waals surface area contributed by atoms with Crippen molar-refractivity contribution in [3.63, 3.8) is 0 Å². The fraction of sp³-hybridized carbons (Fsp3) is 0.105. The highest BCUT2D eigenvalue weighted by molar-refractivity contribution is 6.31. The number of amides is 1. The van der Waals surface area contributed by atoms with Gasteiger partial charge < -0.3 is 10.1 Å². The van der Waals surface area contributed by atoms with E-state index in [9.17, 15) is 14.0 Å². The van der Waals surface area contributed by atoms with Crippen LogP contribution in [0, 0.1) is 5.82 Å². The number of aromatic nitrogens is 2. The number of hydrogen-bond acceptors (Lipinski definition) is 4. The molecule has 1 heterocycles. The summed E-state index contributed by atoms with van der Waals surface area (Å²) >= 11 is 5.68. The lowest BCUT2D eigenvalue weighted by Crippen LogP contribution is -2.27. The van der Waals surface area contributed by atoms with Crippen LogP contribution in [0.3, 0.4) is 0 Å². The Hall–Kier alpha value is -3.19. The number of anilines is 1. The quantitative estimate of drug-likeness (QED) is 0.728. The van der Waals surface area contributed by atoms with Gasteiger partial charge in [0.1, 0.15) is 18.1 Å². The second-order valence-electron chi connectivity index (χ2n) is 5.62. The Morgan fingerprint density at radius 3 is 2.74 bits per heavy atom. The van der Waals surface area contributed by atoms with Crippen molar-refractivity contribution < 1.29 is 13.9 Å². The van der Waals surface area contributed by atoms with Crippen molar-refractivity contribution in [1.29, 1.82) is 0 Å². The van der Waals surface area contributed by atoms with E-state index in [1.807, 2.05) is 12.1 Å². The molecule has 8 heteroatoms. The van der Waals surface area contributed by atoms with Crippen LogP contribution in [0.15, 0.2) is 59.7 Å². The lowest BCUT2D eigenvalue weighted by Gasteiger charge is -2.10. The first-order chi connectivity index (χ1) is 13.0. The molecule has 1 amide bonds. The fourth-order valence-electron chi connectivity index (χ4n) is 2.48. The van der Waals surface area contributed by atoms with Crippen molar-refractivity contribution in [3.8, 4) is 17.0 Å². The van der Waals surface area contributed by atoms with E-state index in [1.165, 1.54) is 36.2 Å². The van der Waals surface area contributed by atoms with Gasteiger partial charge >= 0.3 is 0 Å². The maximum atomic E-state index is 13.2. The highest BCUT2D eigenvalue weighted by Gasteiger charge is 2.11. The minimum Gasteiger partial charge on any atom is -0.496 e. The molecule has 0 aliphatic carbocycles. The molecule has 27 heavy (non-hydrogen) atoms. The molecule has 138 valence electrons. The van der Waals surface area contributed by atoms with Gasteiger partial charge in [-0.15, -0.1) is 0 Å². The van der Waals surface area contributed by atoms with E-state index in [4.69, 9.17) is 16.3 Å². The van der Waals surface area contributed by atoms with Crippen molar-refractivity contribution in [2.75, 3.05) is 12.4 Å². The summed E-state index contributed by atoms with van der Waals surface area (Å²) in [5, 5.41) is 2.45. The van der Waals surface area contributed by atoms with E-state index < -0.39 is 17.3 Å². The summed E-state index contributed by atoms with van der Waals surface area (Å²) in [6, 6.07) is 12.3. The molecule has 3 aromatic rings. The summed E-state index contributed by atoms with van der Waals surface area (Å²) in [6.07, 6.45) is 1.29. The topological polar surface area (TPSA) is 73.2 Å². The van der Waals surface area contributed by atoms with Gasteiger partial charge in [-0.2, -0.15) is 0 Å². The Morgan fingerprint density at radius 2 is 2.04 bits per heavy atom. The Bertz CT molecular complexity index is 1050. The fourth-order valence-corrected chi connectivity index (χ4v) is 2.66. The summed E-state index contributed by atoms with van der Waals surface area (Å²) in [7, 11) is 1.53. The molecule has 0 radical (unpaired) electrons. The summed E-state index contributed by atoms with van der Waals surface area (Å²) in [6.45, 7) is -0.243. The molecule has 0 aliphatic rings. The molecule has 3 rings (SSSR count). The van der Waals surface area contributed by atoms with Crippen LogP contribution < -0.4 is 15.6 Å². The van der Waals surface area contributed by atoms with Gasteiger partial charge in [-0.1, -0.05) is 23.7 Å². The third-order valence-electron chi connectivity index (χ3n) is 3.78. The van der Waals surface area contributed by atoms with Crippen LogP contribution in [0.25, 0.3) is 11.3 Å². The van der Waals surface area contributed by atoms with Gasteiger partial charge in [0, 0.05) is 17.3 Å². The minimum atomic E-state index is -0.581. The van der Waals surface area contributed by atoms with Gasteiger partial charge in [-0.05, 0) is 30.3 Å². The number of nitrogens with one attached hydrogen (secondary N) is 1. The Morgan fingerprint density at radius 1 is 1.26 bits per heavy atom. The highest BCUT2D eigenvalue weighted by Crippen LogP contribution is 2.26. The number of benzene rings is 2. The number of hydrogen-bond donors (Lipinski definition) is 1. The maximum absolute atomic E-state index is 13.2. The third-order valence-corrected chi connectivity index (χ3v) is 4.07. The maximum Gasteiger partial charge on any atom is 0.254 e. The van der Waals surface area contributed by atoms with Crippen LogP contribution in [0.1, 0.15) is 0 Å². The lowest BCUT2D eigenvalue weighted by molar-refractivity contribution is -0.116. The van der Waals surface area contributed by atoms with Crippen LogP contribution in [-0.2, 0) is 11.3 Å². The molecule has 0 fully saturated rings. The van der Waals surface area contributed by atoms with Crippen LogP contribution in [0.5, 0.6) is 5.75 Å². The van der Waals surface area contributed by atoms with Gasteiger partial charge in [0.25, 0.3) is 5.56 Å². The third kappa shape index (κ3) is 4.32. The molecule has 0 spiro atoms. The molecule has 6 nitrogen and oxygen atoms in total. The van der Waals surface area contributed by atoms with Crippen LogP contribution in [0.4, 0.5) is 10.1 Å². The van der Waals surface area contributed by atoms with E-state index in [2.05, 4.69) is 10.3 Å². The first-order valence-electron chi connectivity index (χ1n) is 7.92. The lowest BCUT2D eigenvalue weighted by atomic mass is 10.1. The molecule has 2 aromatic carbocycles. The first-order valence-corrected chi connectivity index (χ1v) is 8.30. The summed E-state index contributed by atoms with van der Waals surface area (Å²) in [5.41, 5.74) is 1.06. The van der Waals surface area contributed by atoms with Gasteiger partial charge in [-0.25, -0.2) is 9.37 Å². The minimum absolute atomic E-state index is 0.104. The van der Waals surface area contributed by atoms with Crippen molar-refractivity contribution in [2.45, 2.75) is 6.54 Å². The monoisotopic (exact) mass is 387 g/mol. The molecule has 1 aromatic heterocycles. The molecule has 0 saturated heterocycles. The van der Waals surface area contributed by atoms with E-state index >= 15 is 0 Å². The molecule has 0 unspecified atom stereocenters. The van der Waals surface area contributed by atoms with Crippen molar-refractivity contribution in [1.82, 2.24) is 9.55 Å². The van der Waals surface area contributed by atoms with Gasteiger partial charge in [0.15, 0.2) is 0 Å². The summed E-state index contributed by atoms with van der Waals surface area (Å²) in [4.78, 5) is 28.7. The summed E-state index contributed by atoms with van der Waals surface area (Å²) < 4.78 is 19.6. The molecular formula is C19H15ClFN3O3. The smallest absolute Gasteiger partial charge is 0.254 e. The van der Waals surface area contributed by atoms with Crippen LogP contribution in [-0.4, -0.2) is 22.6 Å². The highest BCUT2D eigenvalue weighted by atomic mass is 35.5. The Balaban J connectivity index is 1.77. The number of carbonyl (C=O) groups is 1. The van der Waals surface area contributed by atoms with Crippen molar-refractivity contribution in [2.24, 2.45) is 0 Å². The zero-order valence-electron chi connectivity index (χ0n) is 14.3. The SMILES string of the molecule is COc1ccccc1-c1cc(=O)n(CC(=O)Nc2ccc(F)c(Cl)c2)cn1. The standard InChI is InChI=1S/C19H15ClFN3O3/c1-27-17-5-3-2-4-13(17)16-9-19(26)24(11-22-16)10-18(25)23-12-6-7-15(21)14(20)8-12/h2-9,11H,10H2,1H3,(H,23,25). The van der Waals surface area contributed by atoms with E-state index in [1.54, 1.807) is 12.1 Å². The largest absolute Gasteiger partial charge is 0.496 e. The number of carbonyl (C=O) groups excluding carboxylic acids is 1. The average Bonchev–Trinajstić information content (AvgIpc) is 2.66. The zero-order valence-corrected chi connectivity index (χ0v) is 15.0. The number of nitrogens with zero attached hydrogens (tertiary/aromatic N) is 2. The first kappa shape index (κ1) is 18.6. The second kappa shape index (κ2) is 8.01. The normalized spacial score (nSPS) is 10.5. The van der Waals surface area contributed by atoms with E-state index in [0.29, 0.717) is 22.7 Å². The number of ether oxygens (including phenoxy) is 1. The van der Waals surface area contributed by atoms with E-state index in [-0.39, 0.29) is 11.6 Å². The predicted octanol–water partition coefficient (Wildman–Crippen LogP) is 3.35. The molecule has 0 saturated carbocycles. The van der Waals surface area contributed by atoms with Crippen molar-refractivity contribution in [3.05, 3.63) is 76.1 Å². The van der Waals surface area contributed by atoms with Gasteiger partial charge in [-0.3, -0.25) is 14.2 Å². The molecule has 0 atom stereocenters. The van der Waals surface area contributed by atoms with Crippen LogP contribution >= 0.6 is 11.6 Å². The molecule has 0 bridgehead atoms. The molecule has 1 N–H and O–H groups in total. The van der Waals surface area contributed by atoms with Crippen LogP contribution in [0.2, 0.25) is 5.02 Å². The Kier molecular flexibility index (Phi) is 5.52. The number of para-hydroxylation sites is 1. The number of rotatable bonds is 5. The summed E-state index contributed by atoms with van der Waals surface area (Å²) in [5.74, 6) is -0.457. The van der Waals surface area contributed by atoms with Crippen molar-refractivity contribution >= 4 is 23.2 Å². The number of methoxy groups -OCH3 is 1. The average molecular weight is 388 g/mol. The van der Waals surface area contributed by atoms with Gasteiger partial charge in [0.2, 0.25) is 5.91 Å². The predicted molar refractivity (Wildman–Crippen MR) is 101 cm³/mol. The second-order valence-corrected chi connectivity index (χ2v) is 6.02. The zero-order chi connectivity index (χ0) is 19.4. The molecular weight excluding hydrogens is 373 g/mol.